The first-order chi connectivity index (χ1) is 9.62. The zero-order valence-electron chi connectivity index (χ0n) is 11.5. The number of amides is 1. The molecule has 6 heteroatoms. The third-order valence-electron chi connectivity index (χ3n) is 4.08. The Labute approximate surface area is 117 Å². The number of hydrogen-bond donors (Lipinski definition) is 3. The molecule has 2 aliphatic rings. The van der Waals surface area contributed by atoms with Gasteiger partial charge in [-0.15, -0.1) is 0 Å². The van der Waals surface area contributed by atoms with Crippen LogP contribution in [0.4, 0.5) is 17.1 Å². The predicted molar refractivity (Wildman–Crippen MR) is 77.1 cm³/mol. The molecular formula is C14H19N3O3. The number of rotatable bonds is 4. The number of nitrogens with one attached hydrogen (secondary N) is 2. The van der Waals surface area contributed by atoms with Gasteiger partial charge in [0.05, 0.1) is 22.7 Å². The molecule has 0 radical (unpaired) electrons. The average molecular weight is 277 g/mol. The smallest absolute Gasteiger partial charge is 0.262 e. The lowest BCUT2D eigenvalue weighted by Crippen LogP contribution is -2.45. The number of ether oxygens (including phenoxy) is 2. The first-order valence-electron chi connectivity index (χ1n) is 6.77. The Hall–Kier alpha value is -1.95. The Bertz CT molecular complexity index is 535. The van der Waals surface area contributed by atoms with Crippen LogP contribution in [0.5, 0.6) is 5.75 Å². The van der Waals surface area contributed by atoms with Crippen molar-refractivity contribution in [2.75, 3.05) is 36.6 Å². The third kappa shape index (κ3) is 2.27. The summed E-state index contributed by atoms with van der Waals surface area (Å²) in [5.74, 6) is 0.457. The molecule has 0 bridgehead atoms. The molecule has 1 aliphatic heterocycles. The Morgan fingerprint density at radius 1 is 1.50 bits per heavy atom. The molecule has 1 aliphatic carbocycles. The number of benzene rings is 1. The molecule has 1 amide bonds. The van der Waals surface area contributed by atoms with E-state index in [0.29, 0.717) is 23.7 Å². The molecule has 6 nitrogen and oxygen atoms in total. The lowest BCUT2D eigenvalue weighted by Gasteiger charge is -2.40. The maximum atomic E-state index is 11.3. The van der Waals surface area contributed by atoms with Gasteiger partial charge >= 0.3 is 0 Å². The number of fused-ring (bicyclic) bond motifs is 1. The highest BCUT2D eigenvalue weighted by Gasteiger charge is 2.36. The van der Waals surface area contributed by atoms with Crippen LogP contribution in [0.3, 0.4) is 0 Å². The van der Waals surface area contributed by atoms with Crippen molar-refractivity contribution in [3.8, 4) is 5.75 Å². The molecule has 1 heterocycles. The van der Waals surface area contributed by atoms with Gasteiger partial charge in [-0.2, -0.15) is 0 Å². The highest BCUT2D eigenvalue weighted by atomic mass is 16.5. The summed E-state index contributed by atoms with van der Waals surface area (Å²) in [4.78, 5) is 11.3. The number of carbonyl (C=O) groups is 1. The second-order valence-corrected chi connectivity index (χ2v) is 5.37. The van der Waals surface area contributed by atoms with Crippen molar-refractivity contribution in [1.82, 2.24) is 0 Å². The van der Waals surface area contributed by atoms with E-state index in [2.05, 4.69) is 10.6 Å². The van der Waals surface area contributed by atoms with E-state index >= 15 is 0 Å². The van der Waals surface area contributed by atoms with Gasteiger partial charge in [0.1, 0.15) is 5.75 Å². The Balaban J connectivity index is 1.76. The fraction of sp³-hybridized carbons (Fsp3) is 0.500. The SMILES string of the molecule is COC1(CNc2cc3c(cc2N)OCC(=O)N3)CCC1. The largest absolute Gasteiger partial charge is 0.482 e. The Morgan fingerprint density at radius 3 is 2.95 bits per heavy atom. The first-order valence-corrected chi connectivity index (χ1v) is 6.77. The van der Waals surface area contributed by atoms with E-state index in [4.69, 9.17) is 15.2 Å². The number of hydrogen-bond acceptors (Lipinski definition) is 5. The van der Waals surface area contributed by atoms with Crippen LogP contribution in [-0.2, 0) is 9.53 Å². The van der Waals surface area contributed by atoms with Gasteiger partial charge in [0, 0.05) is 19.7 Å². The molecule has 1 aromatic carbocycles. The van der Waals surface area contributed by atoms with E-state index in [-0.39, 0.29) is 18.1 Å². The molecular weight excluding hydrogens is 258 g/mol. The molecule has 4 N–H and O–H groups in total. The predicted octanol–water partition coefficient (Wildman–Crippen LogP) is 1.58. The normalized spacial score (nSPS) is 19.4. The van der Waals surface area contributed by atoms with Gasteiger partial charge in [-0.25, -0.2) is 0 Å². The van der Waals surface area contributed by atoms with E-state index < -0.39 is 0 Å². The van der Waals surface area contributed by atoms with E-state index in [1.807, 2.05) is 6.07 Å². The van der Waals surface area contributed by atoms with Crippen LogP contribution < -0.4 is 21.1 Å². The second-order valence-electron chi connectivity index (χ2n) is 5.37. The third-order valence-corrected chi connectivity index (χ3v) is 4.08. The fourth-order valence-electron chi connectivity index (χ4n) is 2.58. The quantitative estimate of drug-likeness (QED) is 0.728. The van der Waals surface area contributed by atoms with Gasteiger partial charge in [-0.3, -0.25) is 4.79 Å². The van der Waals surface area contributed by atoms with Crippen molar-refractivity contribution in [2.45, 2.75) is 24.9 Å². The molecule has 0 unspecified atom stereocenters. The molecule has 0 aromatic heterocycles. The van der Waals surface area contributed by atoms with Crippen LogP contribution in [0.25, 0.3) is 0 Å². The van der Waals surface area contributed by atoms with Crippen LogP contribution in [0, 0.1) is 0 Å². The van der Waals surface area contributed by atoms with E-state index in [0.717, 1.165) is 18.5 Å². The minimum atomic E-state index is -0.152. The molecule has 0 spiro atoms. The molecule has 3 rings (SSSR count). The lowest BCUT2D eigenvalue weighted by atomic mass is 9.80. The lowest BCUT2D eigenvalue weighted by molar-refractivity contribution is -0.118. The molecule has 108 valence electrons. The highest BCUT2D eigenvalue weighted by molar-refractivity contribution is 5.97. The van der Waals surface area contributed by atoms with Crippen LogP contribution in [0.1, 0.15) is 19.3 Å². The summed E-state index contributed by atoms with van der Waals surface area (Å²) in [5.41, 5.74) is 7.98. The van der Waals surface area contributed by atoms with Crippen molar-refractivity contribution in [1.29, 1.82) is 0 Å². The maximum Gasteiger partial charge on any atom is 0.262 e. The number of carbonyl (C=O) groups excluding carboxylic acids is 1. The summed E-state index contributed by atoms with van der Waals surface area (Å²) >= 11 is 0. The summed E-state index contributed by atoms with van der Waals surface area (Å²) < 4.78 is 10.9. The van der Waals surface area contributed by atoms with E-state index in [1.54, 1.807) is 13.2 Å². The van der Waals surface area contributed by atoms with E-state index in [1.165, 1.54) is 6.42 Å². The summed E-state index contributed by atoms with van der Waals surface area (Å²) in [6.07, 6.45) is 3.31. The molecule has 1 aromatic rings. The Kier molecular flexibility index (Phi) is 3.17. The standard InChI is InChI=1S/C14H19N3O3/c1-19-14(3-2-4-14)8-16-10-6-11-12(5-9(10)15)20-7-13(18)17-11/h5-6,16H,2-4,7-8,15H2,1H3,(H,17,18). The van der Waals surface area contributed by atoms with Crippen molar-refractivity contribution in [2.24, 2.45) is 0 Å². The number of nitrogen functional groups attached to an aromatic ring is 1. The maximum absolute atomic E-state index is 11.3. The zero-order chi connectivity index (χ0) is 14.2. The van der Waals surface area contributed by atoms with Gasteiger partial charge in [0.15, 0.2) is 6.61 Å². The minimum absolute atomic E-state index is 0.0337. The fourth-order valence-corrected chi connectivity index (χ4v) is 2.58. The van der Waals surface area contributed by atoms with Gasteiger partial charge in [-0.1, -0.05) is 0 Å². The summed E-state index contributed by atoms with van der Waals surface area (Å²) in [7, 11) is 1.74. The molecule has 0 atom stereocenters. The first kappa shape index (κ1) is 13.1. The van der Waals surface area contributed by atoms with Crippen LogP contribution in [-0.4, -0.2) is 31.8 Å². The topological polar surface area (TPSA) is 85.6 Å². The molecule has 0 saturated heterocycles. The average Bonchev–Trinajstić information content (AvgIpc) is 2.39. The number of anilines is 3. The van der Waals surface area contributed by atoms with E-state index in [9.17, 15) is 4.79 Å². The van der Waals surface area contributed by atoms with Crippen LogP contribution >= 0.6 is 0 Å². The molecule has 1 fully saturated rings. The summed E-state index contributed by atoms with van der Waals surface area (Å²) in [5, 5.41) is 6.09. The summed E-state index contributed by atoms with van der Waals surface area (Å²) in [6, 6.07) is 3.54. The molecule has 1 saturated carbocycles. The minimum Gasteiger partial charge on any atom is -0.482 e. The number of nitrogens with two attached hydrogens (primary N) is 1. The van der Waals surface area contributed by atoms with Crippen LogP contribution in [0.15, 0.2) is 12.1 Å². The van der Waals surface area contributed by atoms with Crippen molar-refractivity contribution in [3.63, 3.8) is 0 Å². The second kappa shape index (κ2) is 4.86. The van der Waals surface area contributed by atoms with Gasteiger partial charge in [-0.05, 0) is 25.3 Å². The van der Waals surface area contributed by atoms with Crippen molar-refractivity contribution < 1.29 is 14.3 Å². The zero-order valence-corrected chi connectivity index (χ0v) is 11.5. The highest BCUT2D eigenvalue weighted by Crippen LogP contribution is 2.38. The van der Waals surface area contributed by atoms with Gasteiger partial charge < -0.3 is 25.8 Å². The summed E-state index contributed by atoms with van der Waals surface area (Å²) in [6.45, 7) is 0.743. The molecule has 20 heavy (non-hydrogen) atoms. The van der Waals surface area contributed by atoms with Gasteiger partial charge in [0.2, 0.25) is 0 Å². The van der Waals surface area contributed by atoms with Crippen molar-refractivity contribution in [3.05, 3.63) is 12.1 Å². The van der Waals surface area contributed by atoms with Gasteiger partial charge in [0.25, 0.3) is 5.91 Å². The number of methoxy groups -OCH3 is 1. The monoisotopic (exact) mass is 277 g/mol. The van der Waals surface area contributed by atoms with Crippen LogP contribution in [0.2, 0.25) is 0 Å². The Morgan fingerprint density at radius 2 is 2.30 bits per heavy atom. The van der Waals surface area contributed by atoms with Crippen molar-refractivity contribution >= 4 is 23.0 Å².